The van der Waals surface area contributed by atoms with E-state index in [1.165, 1.54) is 6.20 Å². The molecular formula is C4H7BN4O2. The molecule has 0 aromatic carbocycles. The fraction of sp³-hybridized carbons (Fsp3) is 0. The van der Waals surface area contributed by atoms with Crippen molar-refractivity contribution in [1.82, 2.24) is 9.97 Å². The lowest BCUT2D eigenvalue weighted by Crippen LogP contribution is -2.33. The van der Waals surface area contributed by atoms with Gasteiger partial charge in [0.1, 0.15) is 5.82 Å². The predicted molar refractivity (Wildman–Crippen MR) is 40.7 cm³/mol. The van der Waals surface area contributed by atoms with Crippen LogP contribution in [-0.2, 0) is 0 Å². The van der Waals surface area contributed by atoms with E-state index in [9.17, 15) is 0 Å². The summed E-state index contributed by atoms with van der Waals surface area (Å²) in [5, 5.41) is 17.3. The number of hydrogen-bond donors (Lipinski definition) is 4. The van der Waals surface area contributed by atoms with Gasteiger partial charge in [-0.25, -0.2) is 4.98 Å². The van der Waals surface area contributed by atoms with E-state index in [4.69, 9.17) is 21.5 Å². The first kappa shape index (κ1) is 7.77. The molecule has 0 unspecified atom stereocenters. The molecule has 0 spiro atoms. The third-order valence-corrected chi connectivity index (χ3v) is 1.14. The molecule has 11 heavy (non-hydrogen) atoms. The summed E-state index contributed by atoms with van der Waals surface area (Å²) in [5.41, 5.74) is 10.5. The first-order valence-electron chi connectivity index (χ1n) is 2.85. The van der Waals surface area contributed by atoms with Gasteiger partial charge in [-0.15, -0.1) is 0 Å². The van der Waals surface area contributed by atoms with Gasteiger partial charge in [0, 0.05) is 11.7 Å². The zero-order valence-corrected chi connectivity index (χ0v) is 5.60. The summed E-state index contributed by atoms with van der Waals surface area (Å²) in [4.78, 5) is 7.05. The molecule has 58 valence electrons. The van der Waals surface area contributed by atoms with E-state index in [0.717, 1.165) is 0 Å². The van der Waals surface area contributed by atoms with E-state index in [1.54, 1.807) is 0 Å². The second-order valence-corrected chi connectivity index (χ2v) is 1.94. The molecule has 0 aliphatic carbocycles. The maximum atomic E-state index is 8.65. The average molecular weight is 154 g/mol. The third kappa shape index (κ3) is 1.57. The van der Waals surface area contributed by atoms with E-state index < -0.39 is 7.12 Å². The van der Waals surface area contributed by atoms with Crippen LogP contribution in [0.1, 0.15) is 0 Å². The van der Waals surface area contributed by atoms with E-state index >= 15 is 0 Å². The molecule has 0 atom stereocenters. The normalized spacial score (nSPS) is 9.64. The van der Waals surface area contributed by atoms with Crippen molar-refractivity contribution in [3.05, 3.63) is 6.20 Å². The number of nitrogens with two attached hydrogens (primary N) is 2. The van der Waals surface area contributed by atoms with Gasteiger partial charge >= 0.3 is 7.12 Å². The van der Waals surface area contributed by atoms with Crippen molar-refractivity contribution in [2.24, 2.45) is 0 Å². The molecule has 1 aromatic heterocycles. The summed E-state index contributed by atoms with van der Waals surface area (Å²) in [7, 11) is -1.66. The first-order valence-corrected chi connectivity index (χ1v) is 2.85. The largest absolute Gasteiger partial charge is 0.493 e. The lowest BCUT2D eigenvalue weighted by molar-refractivity contribution is 0.425. The van der Waals surface area contributed by atoms with Crippen LogP contribution < -0.4 is 16.9 Å². The molecule has 0 amide bonds. The van der Waals surface area contributed by atoms with Crippen molar-refractivity contribution in [3.8, 4) is 0 Å². The lowest BCUT2D eigenvalue weighted by atomic mass is 9.82. The fourth-order valence-corrected chi connectivity index (χ4v) is 0.618. The van der Waals surface area contributed by atoms with Crippen LogP contribution in [0.5, 0.6) is 0 Å². The van der Waals surface area contributed by atoms with Crippen LogP contribution in [0.15, 0.2) is 6.20 Å². The Balaban J connectivity index is 3.09. The van der Waals surface area contributed by atoms with Crippen LogP contribution >= 0.6 is 0 Å². The highest BCUT2D eigenvalue weighted by molar-refractivity contribution is 6.60. The van der Waals surface area contributed by atoms with E-state index in [-0.39, 0.29) is 17.2 Å². The summed E-state index contributed by atoms with van der Waals surface area (Å²) in [6.45, 7) is 0. The lowest BCUT2D eigenvalue weighted by Gasteiger charge is -2.01. The van der Waals surface area contributed by atoms with Gasteiger partial charge < -0.3 is 21.5 Å². The highest BCUT2D eigenvalue weighted by Crippen LogP contribution is 1.94. The second-order valence-electron chi connectivity index (χ2n) is 1.94. The van der Waals surface area contributed by atoms with Crippen molar-refractivity contribution >= 4 is 24.3 Å². The van der Waals surface area contributed by atoms with Crippen LogP contribution in [0.2, 0.25) is 0 Å². The van der Waals surface area contributed by atoms with Crippen molar-refractivity contribution in [2.75, 3.05) is 11.5 Å². The van der Waals surface area contributed by atoms with Gasteiger partial charge in [0.2, 0.25) is 5.95 Å². The Morgan fingerprint density at radius 2 is 2.00 bits per heavy atom. The zero-order valence-electron chi connectivity index (χ0n) is 5.60. The van der Waals surface area contributed by atoms with Crippen molar-refractivity contribution < 1.29 is 10.0 Å². The Morgan fingerprint density at radius 1 is 1.36 bits per heavy atom. The van der Waals surface area contributed by atoms with Crippen molar-refractivity contribution in [2.45, 2.75) is 0 Å². The quantitative estimate of drug-likeness (QED) is 0.327. The van der Waals surface area contributed by atoms with Gasteiger partial charge in [-0.2, -0.15) is 4.98 Å². The minimum atomic E-state index is -1.66. The van der Waals surface area contributed by atoms with Crippen LogP contribution in [0.25, 0.3) is 0 Å². The fourth-order valence-electron chi connectivity index (χ4n) is 0.618. The molecule has 6 nitrogen and oxygen atoms in total. The van der Waals surface area contributed by atoms with Crippen LogP contribution in [0.4, 0.5) is 11.8 Å². The maximum Gasteiger partial charge on any atom is 0.493 e. The van der Waals surface area contributed by atoms with E-state index in [1.807, 2.05) is 0 Å². The number of anilines is 2. The van der Waals surface area contributed by atoms with Gasteiger partial charge in [0.25, 0.3) is 0 Å². The number of nitrogens with zero attached hydrogens (tertiary/aromatic N) is 2. The predicted octanol–water partition coefficient (Wildman–Crippen LogP) is -2.68. The summed E-state index contributed by atoms with van der Waals surface area (Å²) < 4.78 is 0. The Morgan fingerprint density at radius 3 is 2.45 bits per heavy atom. The summed E-state index contributed by atoms with van der Waals surface area (Å²) in [5.74, 6) is -0.0144. The summed E-state index contributed by atoms with van der Waals surface area (Å²) in [6, 6.07) is 0. The molecule has 0 bridgehead atoms. The smallest absolute Gasteiger partial charge is 0.423 e. The molecule has 0 fully saturated rings. The van der Waals surface area contributed by atoms with Gasteiger partial charge in [0.15, 0.2) is 0 Å². The molecule has 0 radical (unpaired) electrons. The molecule has 7 heteroatoms. The number of nitrogen functional groups attached to an aromatic ring is 2. The van der Waals surface area contributed by atoms with Crippen LogP contribution in [-0.4, -0.2) is 27.1 Å². The highest BCUT2D eigenvalue weighted by Gasteiger charge is 2.15. The van der Waals surface area contributed by atoms with Crippen molar-refractivity contribution in [1.29, 1.82) is 0 Å². The standard InChI is InChI=1S/C4H7BN4O2/c6-3-2(5(10)11)1-8-4(7)9-3/h1,10-11H,(H4,6,7,8,9). The molecule has 1 aromatic rings. The summed E-state index contributed by atoms with van der Waals surface area (Å²) >= 11 is 0. The van der Waals surface area contributed by atoms with Gasteiger partial charge in [-0.05, 0) is 0 Å². The number of aromatic nitrogens is 2. The third-order valence-electron chi connectivity index (χ3n) is 1.14. The maximum absolute atomic E-state index is 8.65. The molecule has 6 N–H and O–H groups in total. The monoisotopic (exact) mass is 154 g/mol. The molecule has 0 aliphatic heterocycles. The van der Waals surface area contributed by atoms with Crippen LogP contribution in [0, 0.1) is 0 Å². The Bertz CT molecular complexity index is 266. The minimum Gasteiger partial charge on any atom is -0.423 e. The topological polar surface area (TPSA) is 118 Å². The number of hydrogen-bond acceptors (Lipinski definition) is 6. The van der Waals surface area contributed by atoms with Crippen LogP contribution in [0.3, 0.4) is 0 Å². The Kier molecular flexibility index (Phi) is 1.93. The summed E-state index contributed by atoms with van der Waals surface area (Å²) in [6.07, 6.45) is 1.17. The first-order chi connectivity index (χ1) is 5.11. The molecular weight excluding hydrogens is 147 g/mol. The van der Waals surface area contributed by atoms with Crippen molar-refractivity contribution in [3.63, 3.8) is 0 Å². The second kappa shape index (κ2) is 2.73. The van der Waals surface area contributed by atoms with Gasteiger partial charge in [0.05, 0.1) is 0 Å². The average Bonchev–Trinajstić information content (AvgIpc) is 1.85. The van der Waals surface area contributed by atoms with E-state index in [0.29, 0.717) is 0 Å². The highest BCUT2D eigenvalue weighted by atomic mass is 16.4. The minimum absolute atomic E-state index is 0.00639. The van der Waals surface area contributed by atoms with E-state index in [2.05, 4.69) is 9.97 Å². The van der Waals surface area contributed by atoms with Gasteiger partial charge in [-0.1, -0.05) is 0 Å². The van der Waals surface area contributed by atoms with Gasteiger partial charge in [-0.3, -0.25) is 0 Å². The molecule has 1 heterocycles. The zero-order chi connectivity index (χ0) is 8.43. The SMILES string of the molecule is Nc1ncc(B(O)O)c(N)n1. The molecule has 0 saturated heterocycles. The molecule has 0 aliphatic rings. The Labute approximate surface area is 63.0 Å². The molecule has 0 saturated carbocycles. The number of rotatable bonds is 1. The molecule has 1 rings (SSSR count). The Hall–Kier alpha value is -1.34.